The van der Waals surface area contributed by atoms with Gasteiger partial charge in [0.15, 0.2) is 0 Å². The lowest BCUT2D eigenvalue weighted by Crippen LogP contribution is -2.06. The van der Waals surface area contributed by atoms with Gasteiger partial charge in [-0.2, -0.15) is 0 Å². The maximum atomic E-state index is 2.40. The Labute approximate surface area is 103 Å². The van der Waals surface area contributed by atoms with Crippen molar-refractivity contribution in [3.8, 4) is 0 Å². The van der Waals surface area contributed by atoms with Crippen LogP contribution in [0.3, 0.4) is 0 Å². The summed E-state index contributed by atoms with van der Waals surface area (Å²) < 4.78 is 0. The molecule has 0 aromatic heterocycles. The van der Waals surface area contributed by atoms with Gasteiger partial charge in [-0.25, -0.2) is 0 Å². The molecule has 0 spiro atoms. The summed E-state index contributed by atoms with van der Waals surface area (Å²) in [6, 6.07) is 0. The summed E-state index contributed by atoms with van der Waals surface area (Å²) in [5, 5.41) is 0. The summed E-state index contributed by atoms with van der Waals surface area (Å²) in [6.07, 6.45) is 28.8. The maximum Gasteiger partial charge on any atom is 0.0172 e. The van der Waals surface area contributed by atoms with Gasteiger partial charge in [0, 0.05) is 17.8 Å². The Kier molecular flexibility index (Phi) is 2.79. The molecule has 0 fully saturated rings. The molecule has 3 aliphatic carbocycles. The molecule has 0 saturated heterocycles. The summed E-state index contributed by atoms with van der Waals surface area (Å²) in [7, 11) is 0. The molecule has 0 atom stereocenters. The SMILES string of the molecule is C1=CC(C=C(C2C=CC=C2)C2C=CC=C2)C=C1. The lowest BCUT2D eigenvalue weighted by Gasteiger charge is -2.17. The Morgan fingerprint density at radius 3 is 1.47 bits per heavy atom. The fourth-order valence-electron chi connectivity index (χ4n) is 2.53. The van der Waals surface area contributed by atoms with E-state index in [1.54, 1.807) is 0 Å². The highest BCUT2D eigenvalue weighted by molar-refractivity contribution is 5.39. The van der Waals surface area contributed by atoms with Crippen LogP contribution in [0.25, 0.3) is 0 Å². The van der Waals surface area contributed by atoms with Crippen molar-refractivity contribution < 1.29 is 0 Å². The molecule has 0 nitrogen and oxygen atoms in total. The molecule has 0 N–H and O–H groups in total. The fourth-order valence-corrected chi connectivity index (χ4v) is 2.53. The molecule has 0 radical (unpaired) electrons. The van der Waals surface area contributed by atoms with Crippen LogP contribution in [0.5, 0.6) is 0 Å². The van der Waals surface area contributed by atoms with Crippen molar-refractivity contribution in [2.24, 2.45) is 17.8 Å². The fraction of sp³-hybridized carbons (Fsp3) is 0.176. The maximum absolute atomic E-state index is 2.40. The minimum atomic E-state index is 0.467. The molecule has 0 bridgehead atoms. The first-order chi connectivity index (χ1) is 8.43. The highest BCUT2D eigenvalue weighted by Crippen LogP contribution is 2.32. The molecular weight excluding hydrogens is 204 g/mol. The summed E-state index contributed by atoms with van der Waals surface area (Å²) >= 11 is 0. The van der Waals surface area contributed by atoms with Crippen LogP contribution in [0.1, 0.15) is 0 Å². The molecule has 84 valence electrons. The summed E-state index contributed by atoms with van der Waals surface area (Å²) in [4.78, 5) is 0. The van der Waals surface area contributed by atoms with Crippen LogP contribution in [-0.4, -0.2) is 0 Å². The van der Waals surface area contributed by atoms with Gasteiger partial charge >= 0.3 is 0 Å². The van der Waals surface area contributed by atoms with E-state index in [1.165, 1.54) is 5.57 Å². The van der Waals surface area contributed by atoms with E-state index in [-0.39, 0.29) is 0 Å². The lowest BCUT2D eigenvalue weighted by atomic mass is 9.87. The van der Waals surface area contributed by atoms with Crippen molar-refractivity contribution in [3.63, 3.8) is 0 Å². The first-order valence-corrected chi connectivity index (χ1v) is 6.20. The number of hydrogen-bond acceptors (Lipinski definition) is 0. The van der Waals surface area contributed by atoms with E-state index >= 15 is 0 Å². The number of allylic oxidation sites excluding steroid dienone is 14. The molecule has 0 saturated carbocycles. The lowest BCUT2D eigenvalue weighted by molar-refractivity contribution is 0.812. The van der Waals surface area contributed by atoms with Crippen molar-refractivity contribution in [1.29, 1.82) is 0 Å². The van der Waals surface area contributed by atoms with Gasteiger partial charge in [0.25, 0.3) is 0 Å². The molecule has 0 aromatic carbocycles. The molecule has 0 heteroatoms. The molecule has 0 heterocycles. The molecule has 3 rings (SSSR count). The van der Waals surface area contributed by atoms with Gasteiger partial charge in [-0.15, -0.1) is 0 Å². The average Bonchev–Trinajstić information content (AvgIpc) is 3.09. The van der Waals surface area contributed by atoms with Gasteiger partial charge in [-0.05, 0) is 0 Å². The number of rotatable bonds is 3. The molecular formula is C17H16. The highest BCUT2D eigenvalue weighted by Gasteiger charge is 2.19. The van der Waals surface area contributed by atoms with Gasteiger partial charge in [0.2, 0.25) is 0 Å². The summed E-state index contributed by atoms with van der Waals surface area (Å²) in [5.41, 5.74) is 1.49. The second-order valence-corrected chi connectivity index (χ2v) is 4.60. The van der Waals surface area contributed by atoms with Crippen molar-refractivity contribution in [3.05, 3.63) is 84.6 Å². The zero-order valence-electron chi connectivity index (χ0n) is 9.74. The van der Waals surface area contributed by atoms with Crippen LogP contribution in [0.4, 0.5) is 0 Å². The van der Waals surface area contributed by atoms with E-state index in [0.717, 1.165) is 0 Å². The smallest absolute Gasteiger partial charge is 0.0172 e. The first kappa shape index (κ1) is 10.3. The Balaban J connectivity index is 1.89. The minimum absolute atomic E-state index is 0.467. The normalized spacial score (nSPS) is 22.4. The van der Waals surface area contributed by atoms with Gasteiger partial charge < -0.3 is 0 Å². The van der Waals surface area contributed by atoms with E-state index < -0.39 is 0 Å². The number of hydrogen-bond donors (Lipinski definition) is 0. The van der Waals surface area contributed by atoms with Crippen LogP contribution in [0, 0.1) is 17.8 Å². The molecule has 0 aromatic rings. The van der Waals surface area contributed by atoms with Crippen LogP contribution >= 0.6 is 0 Å². The molecule has 0 aliphatic heterocycles. The van der Waals surface area contributed by atoms with Gasteiger partial charge in [0.05, 0.1) is 0 Å². The Bertz CT molecular complexity index is 426. The second kappa shape index (κ2) is 4.58. The summed E-state index contributed by atoms with van der Waals surface area (Å²) in [5.74, 6) is 1.40. The monoisotopic (exact) mass is 220 g/mol. The van der Waals surface area contributed by atoms with Crippen LogP contribution in [-0.2, 0) is 0 Å². The van der Waals surface area contributed by atoms with Crippen molar-refractivity contribution in [2.45, 2.75) is 0 Å². The zero-order chi connectivity index (χ0) is 11.5. The largest absolute Gasteiger partial charge is 0.0738 e. The van der Waals surface area contributed by atoms with E-state index in [4.69, 9.17) is 0 Å². The predicted octanol–water partition coefficient (Wildman–Crippen LogP) is 4.14. The Morgan fingerprint density at radius 1 is 0.588 bits per heavy atom. The van der Waals surface area contributed by atoms with Crippen LogP contribution in [0.2, 0.25) is 0 Å². The molecule has 0 amide bonds. The third-order valence-electron chi connectivity index (χ3n) is 3.43. The van der Waals surface area contributed by atoms with E-state index in [1.807, 2.05) is 0 Å². The molecule has 3 aliphatic rings. The van der Waals surface area contributed by atoms with Crippen molar-refractivity contribution in [1.82, 2.24) is 0 Å². The van der Waals surface area contributed by atoms with E-state index in [0.29, 0.717) is 17.8 Å². The zero-order valence-corrected chi connectivity index (χ0v) is 9.74. The average molecular weight is 220 g/mol. The third kappa shape index (κ3) is 2.16. The predicted molar refractivity (Wildman–Crippen MR) is 73.4 cm³/mol. The molecule has 17 heavy (non-hydrogen) atoms. The standard InChI is InChI=1S/C17H16/c1-2-8-14(7-1)13-17(15-9-3-4-10-15)16-11-5-6-12-16/h1-16H. The third-order valence-corrected chi connectivity index (χ3v) is 3.43. The van der Waals surface area contributed by atoms with Gasteiger partial charge in [-0.1, -0.05) is 84.6 Å². The Morgan fingerprint density at radius 2 is 1.00 bits per heavy atom. The van der Waals surface area contributed by atoms with Gasteiger partial charge in [0.1, 0.15) is 0 Å². The van der Waals surface area contributed by atoms with Crippen LogP contribution in [0.15, 0.2) is 84.6 Å². The summed E-state index contributed by atoms with van der Waals surface area (Å²) in [6.45, 7) is 0. The van der Waals surface area contributed by atoms with Crippen molar-refractivity contribution in [2.75, 3.05) is 0 Å². The quantitative estimate of drug-likeness (QED) is 0.627. The molecule has 0 unspecified atom stereocenters. The Hall–Kier alpha value is -1.82. The first-order valence-electron chi connectivity index (χ1n) is 6.20. The van der Waals surface area contributed by atoms with E-state index in [2.05, 4.69) is 79.0 Å². The van der Waals surface area contributed by atoms with Crippen molar-refractivity contribution >= 4 is 0 Å². The highest BCUT2D eigenvalue weighted by atomic mass is 14.2. The van der Waals surface area contributed by atoms with E-state index in [9.17, 15) is 0 Å². The van der Waals surface area contributed by atoms with Crippen LogP contribution < -0.4 is 0 Å². The minimum Gasteiger partial charge on any atom is -0.0738 e. The van der Waals surface area contributed by atoms with Gasteiger partial charge in [-0.3, -0.25) is 0 Å². The second-order valence-electron chi connectivity index (χ2n) is 4.60. The topological polar surface area (TPSA) is 0 Å².